The van der Waals surface area contributed by atoms with Gasteiger partial charge in [-0.3, -0.25) is 19.2 Å². The van der Waals surface area contributed by atoms with E-state index in [1.807, 2.05) is 0 Å². The van der Waals surface area contributed by atoms with Gasteiger partial charge in [0.2, 0.25) is 17.7 Å². The molecule has 4 atom stereocenters. The van der Waals surface area contributed by atoms with Gasteiger partial charge >= 0.3 is 12.1 Å². The molecule has 0 radical (unpaired) electrons. The molecule has 1 aromatic carbocycles. The zero-order valence-electron chi connectivity index (χ0n) is 19.7. The van der Waals surface area contributed by atoms with E-state index in [0.29, 0.717) is 11.3 Å². The molecule has 1 spiro atoms. The van der Waals surface area contributed by atoms with Gasteiger partial charge in [0.15, 0.2) is 0 Å². The number of nitrogens with zero attached hydrogens (tertiary/aromatic N) is 1. The number of hydrogen-bond acceptors (Lipinski definition) is 5. The monoisotopic (exact) mass is 525 g/mol. The van der Waals surface area contributed by atoms with Crippen molar-refractivity contribution in [2.75, 3.05) is 11.9 Å². The van der Waals surface area contributed by atoms with Gasteiger partial charge in [0, 0.05) is 18.7 Å². The van der Waals surface area contributed by atoms with Crippen molar-refractivity contribution in [3.63, 3.8) is 0 Å². The molecule has 2 aliphatic heterocycles. The van der Waals surface area contributed by atoms with E-state index in [0.717, 1.165) is 12.8 Å². The van der Waals surface area contributed by atoms with Crippen LogP contribution in [0.5, 0.6) is 0 Å². The number of fused-ring (bicyclic) bond motifs is 2. The third-order valence-electron chi connectivity index (χ3n) is 7.73. The van der Waals surface area contributed by atoms with E-state index in [1.54, 1.807) is 24.3 Å². The molecule has 1 aromatic rings. The van der Waals surface area contributed by atoms with Gasteiger partial charge in [0.1, 0.15) is 17.8 Å². The molecule has 0 unspecified atom stereocenters. The Morgan fingerprint density at radius 1 is 1.16 bits per heavy atom. The highest BCUT2D eigenvalue weighted by Gasteiger charge is 2.58. The number of benzene rings is 1. The maximum atomic E-state index is 14.8. The molecule has 3 fully saturated rings. The summed E-state index contributed by atoms with van der Waals surface area (Å²) in [5, 5.41) is 6.65. The first-order valence-corrected chi connectivity index (χ1v) is 12.2. The van der Waals surface area contributed by atoms with E-state index < -0.39 is 53.2 Å². The number of carbonyl (C=O) groups is 4. The summed E-state index contributed by atoms with van der Waals surface area (Å²) < 4.78 is 53.3. The van der Waals surface area contributed by atoms with Gasteiger partial charge in [-0.25, -0.2) is 4.39 Å². The fraction of sp³-hybridized carbons (Fsp3) is 0.583. The highest BCUT2D eigenvalue weighted by Crippen LogP contribution is 2.46. The zero-order valence-corrected chi connectivity index (χ0v) is 19.7. The van der Waals surface area contributed by atoms with Crippen molar-refractivity contribution in [1.29, 1.82) is 0 Å². The standard InChI is InChI=1S/C24H27F4N5O4/c25-23(7-8-23)17(32-21(37)24(26,27)28)18(34)30-15(9-12-5-6-12)19(35)33-11-22(10-16(33)29)13-3-1-2-4-14(13)31-20(22)36/h1-4,12,15-17H,5-11,29H2,(H,30,34)(H,31,36)(H,32,37)/t15-,16-,17-,22-/m0/s1. The normalized spacial score (nSPS) is 27.3. The first-order valence-electron chi connectivity index (χ1n) is 12.2. The second-order valence-corrected chi connectivity index (χ2v) is 10.5. The molecular formula is C24H27F4N5O4. The van der Waals surface area contributed by atoms with Crippen LogP contribution in [0.4, 0.5) is 23.2 Å². The van der Waals surface area contributed by atoms with Crippen LogP contribution < -0.4 is 21.7 Å². The lowest BCUT2D eigenvalue weighted by Gasteiger charge is -2.30. The van der Waals surface area contributed by atoms with Crippen molar-refractivity contribution in [1.82, 2.24) is 15.5 Å². The SMILES string of the molecule is N[C@@H]1C[C@@]2(CN1C(=O)[C@H](CC1CC1)NC(=O)[C@H](NC(=O)C(F)(F)F)C1(F)CC1)C(=O)Nc1ccccc12. The molecule has 2 aliphatic carbocycles. The number of nitrogens with one attached hydrogen (secondary N) is 3. The molecule has 4 amide bonds. The number of alkyl halides is 4. The van der Waals surface area contributed by atoms with Crippen LogP contribution in [0.25, 0.3) is 0 Å². The van der Waals surface area contributed by atoms with E-state index in [-0.39, 0.29) is 44.1 Å². The van der Waals surface area contributed by atoms with E-state index in [2.05, 4.69) is 10.6 Å². The number of amides is 4. The van der Waals surface area contributed by atoms with Gasteiger partial charge in [0.25, 0.3) is 0 Å². The largest absolute Gasteiger partial charge is 0.471 e. The summed E-state index contributed by atoms with van der Waals surface area (Å²) in [7, 11) is 0. The number of hydrogen-bond donors (Lipinski definition) is 4. The fourth-order valence-corrected chi connectivity index (χ4v) is 5.33. The van der Waals surface area contributed by atoms with Crippen molar-refractivity contribution >= 4 is 29.3 Å². The fourth-order valence-electron chi connectivity index (χ4n) is 5.33. The smallest absolute Gasteiger partial charge is 0.342 e. The number of nitrogens with two attached hydrogens (primary N) is 1. The molecule has 2 saturated carbocycles. The minimum atomic E-state index is -5.30. The third-order valence-corrected chi connectivity index (χ3v) is 7.73. The summed E-state index contributed by atoms with van der Waals surface area (Å²) in [5.74, 6) is -4.45. The summed E-state index contributed by atoms with van der Waals surface area (Å²) in [6.45, 7) is -0.0474. The lowest BCUT2D eigenvalue weighted by atomic mass is 9.80. The van der Waals surface area contributed by atoms with Crippen LogP contribution >= 0.6 is 0 Å². The molecule has 5 rings (SSSR count). The van der Waals surface area contributed by atoms with Crippen LogP contribution in [0.1, 0.15) is 44.1 Å². The average Bonchev–Trinajstić information content (AvgIpc) is 3.74. The number of rotatable bonds is 7. The van der Waals surface area contributed by atoms with Crippen molar-refractivity contribution in [3.8, 4) is 0 Å². The zero-order chi connectivity index (χ0) is 26.8. The summed E-state index contributed by atoms with van der Waals surface area (Å²) in [4.78, 5) is 52.3. The Balaban J connectivity index is 1.35. The summed E-state index contributed by atoms with van der Waals surface area (Å²) in [5.41, 5.74) is 4.23. The molecule has 5 N–H and O–H groups in total. The molecule has 0 bridgehead atoms. The van der Waals surface area contributed by atoms with Crippen molar-refractivity contribution in [2.24, 2.45) is 11.7 Å². The minimum absolute atomic E-state index is 0.0474. The quantitative estimate of drug-likeness (QED) is 0.398. The van der Waals surface area contributed by atoms with Gasteiger partial charge in [-0.2, -0.15) is 13.2 Å². The van der Waals surface area contributed by atoms with Gasteiger partial charge in [-0.1, -0.05) is 31.0 Å². The molecule has 4 aliphatic rings. The van der Waals surface area contributed by atoms with Crippen LogP contribution in [0.15, 0.2) is 24.3 Å². The average molecular weight is 526 g/mol. The Kier molecular flexibility index (Phi) is 5.96. The van der Waals surface area contributed by atoms with Crippen LogP contribution in [0.2, 0.25) is 0 Å². The highest BCUT2D eigenvalue weighted by molar-refractivity contribution is 6.07. The van der Waals surface area contributed by atoms with Crippen LogP contribution in [-0.2, 0) is 24.6 Å². The van der Waals surface area contributed by atoms with Crippen molar-refractivity contribution < 1.29 is 36.7 Å². The van der Waals surface area contributed by atoms with Gasteiger partial charge in [-0.15, -0.1) is 0 Å². The molecular weight excluding hydrogens is 498 g/mol. The van der Waals surface area contributed by atoms with Gasteiger partial charge < -0.3 is 26.6 Å². The topological polar surface area (TPSA) is 134 Å². The second-order valence-electron chi connectivity index (χ2n) is 10.5. The van der Waals surface area contributed by atoms with Crippen LogP contribution in [-0.4, -0.2) is 65.2 Å². The molecule has 200 valence electrons. The maximum absolute atomic E-state index is 14.8. The first-order chi connectivity index (χ1) is 17.3. The molecule has 9 nitrogen and oxygen atoms in total. The molecule has 0 aromatic heterocycles. The van der Waals surface area contributed by atoms with E-state index >= 15 is 0 Å². The Bertz CT molecular complexity index is 1150. The van der Waals surface area contributed by atoms with Gasteiger partial charge in [0.05, 0.1) is 11.6 Å². The number of anilines is 1. The Morgan fingerprint density at radius 2 is 1.84 bits per heavy atom. The highest BCUT2D eigenvalue weighted by atomic mass is 19.4. The minimum Gasteiger partial charge on any atom is -0.342 e. The van der Waals surface area contributed by atoms with E-state index in [9.17, 15) is 36.7 Å². The lowest BCUT2D eigenvalue weighted by Crippen LogP contribution is -2.60. The second kappa shape index (κ2) is 8.67. The summed E-state index contributed by atoms with van der Waals surface area (Å²) in [6, 6.07) is 3.77. The van der Waals surface area contributed by atoms with Crippen LogP contribution in [0.3, 0.4) is 0 Å². The number of likely N-dealkylation sites (tertiary alicyclic amines) is 1. The summed E-state index contributed by atoms with van der Waals surface area (Å²) in [6.07, 6.45) is -4.63. The lowest BCUT2D eigenvalue weighted by molar-refractivity contribution is -0.175. The number of para-hydroxylation sites is 1. The predicted molar refractivity (Wildman–Crippen MR) is 121 cm³/mol. The Hall–Kier alpha value is -3.22. The number of carbonyl (C=O) groups excluding carboxylic acids is 4. The van der Waals surface area contributed by atoms with Crippen molar-refractivity contribution in [3.05, 3.63) is 29.8 Å². The molecule has 2 heterocycles. The van der Waals surface area contributed by atoms with Crippen LogP contribution in [0, 0.1) is 5.92 Å². The predicted octanol–water partition coefficient (Wildman–Crippen LogP) is 1.23. The van der Waals surface area contributed by atoms with Crippen molar-refractivity contribution in [2.45, 2.75) is 74.0 Å². The van der Waals surface area contributed by atoms with E-state index in [1.165, 1.54) is 10.2 Å². The van der Waals surface area contributed by atoms with Gasteiger partial charge in [-0.05, 0) is 36.8 Å². The van der Waals surface area contributed by atoms with E-state index in [4.69, 9.17) is 5.73 Å². The Labute approximate surface area is 209 Å². The molecule has 1 saturated heterocycles. The molecule has 13 heteroatoms. The maximum Gasteiger partial charge on any atom is 0.471 e. The number of halogens is 4. The molecule has 37 heavy (non-hydrogen) atoms. The third kappa shape index (κ3) is 4.64. The summed E-state index contributed by atoms with van der Waals surface area (Å²) >= 11 is 0. The Morgan fingerprint density at radius 3 is 2.46 bits per heavy atom. The first kappa shape index (κ1) is 25.4.